The molecule has 6 nitrogen and oxygen atoms in total. The van der Waals surface area contributed by atoms with Crippen LogP contribution in [-0.2, 0) is 10.0 Å². The highest BCUT2D eigenvalue weighted by molar-refractivity contribution is 7.92. The SMILES string of the molecule is CCS(=O)(=O)Nc1ccc2nc(-c3ccco3)[nH]c2c1. The van der Waals surface area contributed by atoms with E-state index in [0.717, 1.165) is 11.0 Å². The van der Waals surface area contributed by atoms with Crippen molar-refractivity contribution in [2.75, 3.05) is 10.5 Å². The maximum atomic E-state index is 11.5. The number of fused-ring (bicyclic) bond motifs is 1. The first kappa shape index (κ1) is 12.7. The molecule has 0 saturated carbocycles. The quantitative estimate of drug-likeness (QED) is 0.773. The fourth-order valence-electron chi connectivity index (χ4n) is 1.85. The molecule has 7 heteroatoms. The molecule has 0 fully saturated rings. The molecular weight excluding hydrogens is 278 g/mol. The van der Waals surface area contributed by atoms with Crippen LogP contribution in [0.4, 0.5) is 5.69 Å². The van der Waals surface area contributed by atoms with E-state index >= 15 is 0 Å². The lowest BCUT2D eigenvalue weighted by Crippen LogP contribution is -2.14. The topological polar surface area (TPSA) is 88.0 Å². The number of nitrogens with one attached hydrogen (secondary N) is 2. The number of H-pyrrole nitrogens is 1. The zero-order valence-corrected chi connectivity index (χ0v) is 11.6. The number of hydrogen-bond acceptors (Lipinski definition) is 4. The molecular formula is C13H13N3O3S. The summed E-state index contributed by atoms with van der Waals surface area (Å²) in [6.45, 7) is 1.59. The number of furan rings is 1. The van der Waals surface area contributed by atoms with Gasteiger partial charge in [0.25, 0.3) is 0 Å². The standard InChI is InChI=1S/C13H13N3O3S/c1-2-20(17,18)16-9-5-6-10-11(8-9)15-13(14-10)12-4-3-7-19-12/h3-8,16H,2H2,1H3,(H,14,15). The Kier molecular flexibility index (Phi) is 2.98. The number of nitrogens with zero attached hydrogens (tertiary/aromatic N) is 1. The fraction of sp³-hybridized carbons (Fsp3) is 0.154. The van der Waals surface area contributed by atoms with Crippen molar-refractivity contribution in [2.45, 2.75) is 6.92 Å². The zero-order chi connectivity index (χ0) is 14.2. The second kappa shape index (κ2) is 4.68. The van der Waals surface area contributed by atoms with Gasteiger partial charge in [-0.3, -0.25) is 4.72 Å². The Bertz CT molecular complexity index is 835. The van der Waals surface area contributed by atoms with Crippen molar-refractivity contribution in [2.24, 2.45) is 0 Å². The van der Waals surface area contributed by atoms with E-state index < -0.39 is 10.0 Å². The lowest BCUT2D eigenvalue weighted by atomic mass is 10.3. The van der Waals surface area contributed by atoms with Crippen LogP contribution in [0.2, 0.25) is 0 Å². The molecule has 20 heavy (non-hydrogen) atoms. The Hall–Kier alpha value is -2.28. The Morgan fingerprint density at radius 2 is 2.20 bits per heavy atom. The summed E-state index contributed by atoms with van der Waals surface area (Å²) in [5.74, 6) is 1.28. The van der Waals surface area contributed by atoms with Gasteiger partial charge in [-0.05, 0) is 37.3 Å². The van der Waals surface area contributed by atoms with Crippen LogP contribution in [0, 0.1) is 0 Å². The third-order valence-corrected chi connectivity index (χ3v) is 4.20. The predicted molar refractivity (Wildman–Crippen MR) is 76.9 cm³/mol. The largest absolute Gasteiger partial charge is 0.461 e. The van der Waals surface area contributed by atoms with Crippen LogP contribution >= 0.6 is 0 Å². The number of anilines is 1. The maximum Gasteiger partial charge on any atom is 0.232 e. The number of aromatic nitrogens is 2. The van der Waals surface area contributed by atoms with Crippen LogP contribution < -0.4 is 4.72 Å². The summed E-state index contributed by atoms with van der Waals surface area (Å²) in [5.41, 5.74) is 2.00. The van der Waals surface area contributed by atoms with Gasteiger partial charge >= 0.3 is 0 Å². The summed E-state index contributed by atoms with van der Waals surface area (Å²) in [6, 6.07) is 8.73. The van der Waals surface area contributed by atoms with Gasteiger partial charge in [0.05, 0.1) is 28.7 Å². The molecule has 3 aromatic rings. The maximum absolute atomic E-state index is 11.5. The molecule has 1 aromatic carbocycles. The minimum absolute atomic E-state index is 0.0334. The van der Waals surface area contributed by atoms with Crippen molar-refractivity contribution < 1.29 is 12.8 Å². The molecule has 2 heterocycles. The minimum Gasteiger partial charge on any atom is -0.461 e. The summed E-state index contributed by atoms with van der Waals surface area (Å²) in [7, 11) is -3.28. The molecule has 0 radical (unpaired) electrons. The molecule has 2 aromatic heterocycles. The molecule has 0 bridgehead atoms. The molecule has 104 valence electrons. The van der Waals surface area contributed by atoms with Gasteiger partial charge in [0.15, 0.2) is 11.6 Å². The van der Waals surface area contributed by atoms with E-state index in [4.69, 9.17) is 4.42 Å². The van der Waals surface area contributed by atoms with Crippen LogP contribution in [0.3, 0.4) is 0 Å². The van der Waals surface area contributed by atoms with E-state index in [0.29, 0.717) is 17.3 Å². The third-order valence-electron chi connectivity index (χ3n) is 2.89. The highest BCUT2D eigenvalue weighted by Gasteiger charge is 2.10. The summed E-state index contributed by atoms with van der Waals surface area (Å²) in [5, 5.41) is 0. The number of rotatable bonds is 4. The van der Waals surface area contributed by atoms with E-state index in [9.17, 15) is 8.42 Å². The lowest BCUT2D eigenvalue weighted by molar-refractivity contribution is 0.578. The van der Waals surface area contributed by atoms with Crippen molar-refractivity contribution in [1.82, 2.24) is 9.97 Å². The average Bonchev–Trinajstić information content (AvgIpc) is 3.06. The van der Waals surface area contributed by atoms with Crippen LogP contribution in [0.25, 0.3) is 22.6 Å². The van der Waals surface area contributed by atoms with Gasteiger partial charge in [-0.2, -0.15) is 0 Å². The molecule has 0 saturated heterocycles. The van der Waals surface area contributed by atoms with E-state index in [2.05, 4.69) is 14.7 Å². The van der Waals surface area contributed by atoms with E-state index in [1.807, 2.05) is 0 Å². The Labute approximate surface area is 115 Å². The van der Waals surface area contributed by atoms with Crippen molar-refractivity contribution in [3.63, 3.8) is 0 Å². The fourth-order valence-corrected chi connectivity index (χ4v) is 2.49. The molecule has 0 atom stereocenters. The van der Waals surface area contributed by atoms with E-state index in [-0.39, 0.29) is 5.75 Å². The number of imidazole rings is 1. The first-order chi connectivity index (χ1) is 9.57. The average molecular weight is 291 g/mol. The molecule has 0 aliphatic rings. The summed E-state index contributed by atoms with van der Waals surface area (Å²) in [6.07, 6.45) is 1.57. The number of benzene rings is 1. The van der Waals surface area contributed by atoms with Gasteiger partial charge in [0.2, 0.25) is 10.0 Å². The number of aromatic amines is 1. The Morgan fingerprint density at radius 1 is 1.35 bits per heavy atom. The number of sulfonamides is 1. The van der Waals surface area contributed by atoms with E-state index in [1.165, 1.54) is 0 Å². The highest BCUT2D eigenvalue weighted by atomic mass is 32.2. The highest BCUT2D eigenvalue weighted by Crippen LogP contribution is 2.23. The first-order valence-corrected chi connectivity index (χ1v) is 7.77. The Balaban J connectivity index is 2.00. The molecule has 0 unspecified atom stereocenters. The zero-order valence-electron chi connectivity index (χ0n) is 10.8. The third kappa shape index (κ3) is 2.39. The van der Waals surface area contributed by atoms with Crippen molar-refractivity contribution in [1.29, 1.82) is 0 Å². The molecule has 0 aliphatic carbocycles. The van der Waals surface area contributed by atoms with Crippen molar-refractivity contribution in [3.05, 3.63) is 36.6 Å². The second-order valence-corrected chi connectivity index (χ2v) is 6.31. The second-order valence-electron chi connectivity index (χ2n) is 4.30. The smallest absolute Gasteiger partial charge is 0.232 e. The van der Waals surface area contributed by atoms with Crippen LogP contribution in [-0.4, -0.2) is 24.1 Å². The molecule has 2 N–H and O–H groups in total. The molecule has 0 amide bonds. The van der Waals surface area contributed by atoms with Gasteiger partial charge in [0.1, 0.15) is 0 Å². The van der Waals surface area contributed by atoms with Gasteiger partial charge in [-0.1, -0.05) is 0 Å². The van der Waals surface area contributed by atoms with Gasteiger partial charge in [-0.25, -0.2) is 13.4 Å². The first-order valence-electron chi connectivity index (χ1n) is 6.11. The summed E-state index contributed by atoms with van der Waals surface area (Å²) < 4.78 is 30.9. The van der Waals surface area contributed by atoms with Crippen LogP contribution in [0.1, 0.15) is 6.92 Å². The Morgan fingerprint density at radius 3 is 2.90 bits per heavy atom. The lowest BCUT2D eigenvalue weighted by Gasteiger charge is -2.05. The van der Waals surface area contributed by atoms with Crippen LogP contribution in [0.15, 0.2) is 41.0 Å². The van der Waals surface area contributed by atoms with Crippen LogP contribution in [0.5, 0.6) is 0 Å². The predicted octanol–water partition coefficient (Wildman–Crippen LogP) is 2.58. The van der Waals surface area contributed by atoms with Gasteiger partial charge in [-0.15, -0.1) is 0 Å². The van der Waals surface area contributed by atoms with E-state index in [1.54, 1.807) is 43.5 Å². The molecule has 0 spiro atoms. The monoisotopic (exact) mass is 291 g/mol. The summed E-state index contributed by atoms with van der Waals surface area (Å²) in [4.78, 5) is 7.49. The molecule has 3 rings (SSSR count). The van der Waals surface area contributed by atoms with Gasteiger partial charge in [0, 0.05) is 0 Å². The summed E-state index contributed by atoms with van der Waals surface area (Å²) >= 11 is 0. The van der Waals surface area contributed by atoms with Crippen molar-refractivity contribution >= 4 is 26.7 Å². The van der Waals surface area contributed by atoms with Crippen molar-refractivity contribution in [3.8, 4) is 11.6 Å². The molecule has 0 aliphatic heterocycles. The normalized spacial score (nSPS) is 11.8. The minimum atomic E-state index is -3.28. The number of hydrogen-bond donors (Lipinski definition) is 2. The van der Waals surface area contributed by atoms with Gasteiger partial charge < -0.3 is 9.40 Å².